The van der Waals surface area contributed by atoms with Crippen LogP contribution in [-0.2, 0) is 6.54 Å². The highest BCUT2D eigenvalue weighted by atomic mass is 35.5. The lowest BCUT2D eigenvalue weighted by molar-refractivity contribution is 0.102. The van der Waals surface area contributed by atoms with Crippen molar-refractivity contribution in [1.29, 1.82) is 0 Å². The van der Waals surface area contributed by atoms with Crippen LogP contribution in [0.4, 0.5) is 10.2 Å². The number of rotatable bonds is 4. The van der Waals surface area contributed by atoms with Gasteiger partial charge in [0, 0.05) is 22.3 Å². The normalized spacial score (nSPS) is 10.7. The van der Waals surface area contributed by atoms with Gasteiger partial charge in [-0.2, -0.15) is 5.10 Å². The van der Waals surface area contributed by atoms with Gasteiger partial charge in [-0.1, -0.05) is 35.4 Å². The highest BCUT2D eigenvalue weighted by Crippen LogP contribution is 2.20. The first-order valence-corrected chi connectivity index (χ1v) is 8.16. The maximum atomic E-state index is 13.1. The Labute approximate surface area is 150 Å². The van der Waals surface area contributed by atoms with Crippen molar-refractivity contribution in [3.63, 3.8) is 0 Å². The summed E-state index contributed by atoms with van der Waals surface area (Å²) < 4.78 is 14.9. The molecule has 0 aliphatic carbocycles. The molecule has 1 N–H and O–H groups in total. The highest BCUT2D eigenvalue weighted by Gasteiger charge is 2.11. The number of aromatic nitrogens is 2. The molecule has 3 aromatic rings. The summed E-state index contributed by atoms with van der Waals surface area (Å²) in [6.07, 6.45) is 0. The van der Waals surface area contributed by atoms with E-state index >= 15 is 0 Å². The molecule has 0 saturated heterocycles. The molecule has 0 saturated carbocycles. The molecular formula is C19H17ClFN3O. The molecular weight excluding hydrogens is 341 g/mol. The number of nitrogens with zero attached hydrogens (tertiary/aromatic N) is 2. The summed E-state index contributed by atoms with van der Waals surface area (Å²) in [6.45, 7) is 4.24. The Kier molecular flexibility index (Phi) is 4.86. The number of anilines is 1. The Morgan fingerprint density at radius 2 is 1.88 bits per heavy atom. The van der Waals surface area contributed by atoms with Gasteiger partial charge in [-0.3, -0.25) is 9.48 Å². The lowest BCUT2D eigenvalue weighted by atomic mass is 10.1. The summed E-state index contributed by atoms with van der Waals surface area (Å²) >= 11 is 6.06. The van der Waals surface area contributed by atoms with Crippen LogP contribution < -0.4 is 5.32 Å². The molecule has 0 radical (unpaired) electrons. The van der Waals surface area contributed by atoms with Gasteiger partial charge in [-0.25, -0.2) is 4.39 Å². The van der Waals surface area contributed by atoms with Gasteiger partial charge in [0.25, 0.3) is 5.91 Å². The van der Waals surface area contributed by atoms with Crippen molar-refractivity contribution < 1.29 is 9.18 Å². The van der Waals surface area contributed by atoms with Crippen molar-refractivity contribution in [3.05, 3.63) is 81.8 Å². The minimum atomic E-state index is -0.378. The maximum absolute atomic E-state index is 13.1. The van der Waals surface area contributed by atoms with E-state index in [1.54, 1.807) is 28.9 Å². The predicted molar refractivity (Wildman–Crippen MR) is 96.6 cm³/mol. The van der Waals surface area contributed by atoms with E-state index in [9.17, 15) is 9.18 Å². The summed E-state index contributed by atoms with van der Waals surface area (Å²) in [4.78, 5) is 12.3. The fourth-order valence-electron chi connectivity index (χ4n) is 2.44. The first kappa shape index (κ1) is 17.2. The quantitative estimate of drug-likeness (QED) is 0.742. The molecule has 128 valence electrons. The SMILES string of the molecule is Cc1ccc(C(=O)Nc2cc(C)n(Cc3ccc(F)cc3Cl)n2)cc1. The largest absolute Gasteiger partial charge is 0.305 e. The van der Waals surface area contributed by atoms with Gasteiger partial charge in [0.1, 0.15) is 5.82 Å². The third-order valence-electron chi connectivity index (χ3n) is 3.87. The standard InChI is InChI=1S/C19H17ClFN3O/c1-12-3-5-14(6-4-12)19(25)22-18-9-13(2)24(23-18)11-15-7-8-16(21)10-17(15)20/h3-10H,11H2,1-2H3,(H,22,23,25). The molecule has 0 atom stereocenters. The molecule has 25 heavy (non-hydrogen) atoms. The van der Waals surface area contributed by atoms with Crippen molar-refractivity contribution in [2.45, 2.75) is 20.4 Å². The fraction of sp³-hybridized carbons (Fsp3) is 0.158. The number of aryl methyl sites for hydroxylation is 2. The zero-order valence-corrected chi connectivity index (χ0v) is 14.6. The summed E-state index contributed by atoms with van der Waals surface area (Å²) in [5, 5.41) is 7.52. The first-order chi connectivity index (χ1) is 11.9. The van der Waals surface area contributed by atoms with E-state index in [1.807, 2.05) is 26.0 Å². The molecule has 1 heterocycles. The number of halogens is 2. The van der Waals surface area contributed by atoms with Crippen LogP contribution in [0, 0.1) is 19.7 Å². The summed E-state index contributed by atoms with van der Waals surface area (Å²) in [7, 11) is 0. The molecule has 0 aliphatic rings. The van der Waals surface area contributed by atoms with Crippen LogP contribution in [0.25, 0.3) is 0 Å². The van der Waals surface area contributed by atoms with Crippen molar-refractivity contribution >= 4 is 23.3 Å². The van der Waals surface area contributed by atoms with E-state index in [2.05, 4.69) is 10.4 Å². The number of hydrogen-bond donors (Lipinski definition) is 1. The lowest BCUT2D eigenvalue weighted by Crippen LogP contribution is -2.13. The van der Waals surface area contributed by atoms with Crippen LogP contribution >= 0.6 is 11.6 Å². The molecule has 0 unspecified atom stereocenters. The molecule has 0 spiro atoms. The fourth-order valence-corrected chi connectivity index (χ4v) is 2.66. The third-order valence-corrected chi connectivity index (χ3v) is 4.22. The molecule has 4 nitrogen and oxygen atoms in total. The van der Waals surface area contributed by atoms with Crippen LogP contribution in [0.1, 0.15) is 27.2 Å². The topological polar surface area (TPSA) is 46.9 Å². The molecule has 0 fully saturated rings. The van der Waals surface area contributed by atoms with Crippen molar-refractivity contribution in [1.82, 2.24) is 9.78 Å². The van der Waals surface area contributed by atoms with Crippen molar-refractivity contribution in [3.8, 4) is 0 Å². The number of nitrogens with one attached hydrogen (secondary N) is 1. The Hall–Kier alpha value is -2.66. The van der Waals surface area contributed by atoms with E-state index in [1.165, 1.54) is 12.1 Å². The number of amides is 1. The van der Waals surface area contributed by atoms with Gasteiger partial charge in [-0.15, -0.1) is 0 Å². The number of hydrogen-bond acceptors (Lipinski definition) is 2. The van der Waals surface area contributed by atoms with E-state index in [0.717, 1.165) is 16.8 Å². The average molecular weight is 358 g/mol. The summed E-state index contributed by atoms with van der Waals surface area (Å²) in [6, 6.07) is 13.4. The monoisotopic (exact) mass is 357 g/mol. The Morgan fingerprint density at radius 3 is 2.56 bits per heavy atom. The molecule has 6 heteroatoms. The van der Waals surface area contributed by atoms with Gasteiger partial charge in [0.2, 0.25) is 0 Å². The Morgan fingerprint density at radius 1 is 1.16 bits per heavy atom. The van der Waals surface area contributed by atoms with E-state index in [0.29, 0.717) is 22.9 Å². The smallest absolute Gasteiger partial charge is 0.256 e. The van der Waals surface area contributed by atoms with Crippen LogP contribution in [0.15, 0.2) is 48.5 Å². The van der Waals surface area contributed by atoms with Gasteiger partial charge in [-0.05, 0) is 43.7 Å². The Bertz CT molecular complexity index is 919. The molecule has 3 rings (SSSR count). The zero-order valence-electron chi connectivity index (χ0n) is 13.9. The van der Waals surface area contributed by atoms with Crippen LogP contribution in [-0.4, -0.2) is 15.7 Å². The second-order valence-electron chi connectivity index (χ2n) is 5.88. The molecule has 2 aromatic carbocycles. The van der Waals surface area contributed by atoms with E-state index in [-0.39, 0.29) is 11.7 Å². The molecule has 1 aromatic heterocycles. The van der Waals surface area contributed by atoms with Crippen molar-refractivity contribution in [2.75, 3.05) is 5.32 Å². The molecule has 0 aliphatic heterocycles. The van der Waals surface area contributed by atoms with Gasteiger partial charge < -0.3 is 5.32 Å². The van der Waals surface area contributed by atoms with Crippen LogP contribution in [0.5, 0.6) is 0 Å². The second kappa shape index (κ2) is 7.07. The molecule has 1 amide bonds. The summed E-state index contributed by atoms with van der Waals surface area (Å²) in [5.74, 6) is -0.136. The van der Waals surface area contributed by atoms with Crippen LogP contribution in [0.2, 0.25) is 5.02 Å². The summed E-state index contributed by atoms with van der Waals surface area (Å²) in [5.41, 5.74) is 3.28. The zero-order chi connectivity index (χ0) is 18.0. The minimum Gasteiger partial charge on any atom is -0.305 e. The number of benzene rings is 2. The lowest BCUT2D eigenvalue weighted by Gasteiger charge is -2.07. The predicted octanol–water partition coefficient (Wildman–Crippen LogP) is 4.59. The van der Waals surface area contributed by atoms with E-state index < -0.39 is 0 Å². The van der Waals surface area contributed by atoms with Gasteiger partial charge in [0.05, 0.1) is 6.54 Å². The first-order valence-electron chi connectivity index (χ1n) is 7.79. The average Bonchev–Trinajstić information content (AvgIpc) is 2.90. The maximum Gasteiger partial charge on any atom is 0.256 e. The number of carbonyl (C=O) groups is 1. The van der Waals surface area contributed by atoms with Crippen molar-refractivity contribution in [2.24, 2.45) is 0 Å². The van der Waals surface area contributed by atoms with Gasteiger partial charge in [0.15, 0.2) is 5.82 Å². The second-order valence-corrected chi connectivity index (χ2v) is 6.29. The Balaban J connectivity index is 1.75. The van der Waals surface area contributed by atoms with Crippen LogP contribution in [0.3, 0.4) is 0 Å². The minimum absolute atomic E-state index is 0.218. The number of carbonyl (C=O) groups excluding carboxylic acids is 1. The van der Waals surface area contributed by atoms with E-state index in [4.69, 9.17) is 11.6 Å². The highest BCUT2D eigenvalue weighted by molar-refractivity contribution is 6.31. The van der Waals surface area contributed by atoms with Gasteiger partial charge >= 0.3 is 0 Å². The third kappa shape index (κ3) is 4.06. The molecule has 0 bridgehead atoms.